The molecule has 2 atom stereocenters. The SMILES string of the molecule is OC1(Cc2cccc(F)c2)CCCCC1c1ccccc1. The molecule has 2 heteroatoms. The van der Waals surface area contributed by atoms with E-state index in [1.807, 2.05) is 24.3 Å². The van der Waals surface area contributed by atoms with Crippen molar-refractivity contribution in [2.24, 2.45) is 0 Å². The molecular weight excluding hydrogens is 263 g/mol. The molecule has 0 aliphatic heterocycles. The Labute approximate surface area is 125 Å². The van der Waals surface area contributed by atoms with Gasteiger partial charge in [0.1, 0.15) is 5.82 Å². The van der Waals surface area contributed by atoms with E-state index in [9.17, 15) is 9.50 Å². The van der Waals surface area contributed by atoms with Gasteiger partial charge in [-0.1, -0.05) is 55.3 Å². The first kappa shape index (κ1) is 14.3. The van der Waals surface area contributed by atoms with Gasteiger partial charge < -0.3 is 5.11 Å². The molecule has 0 saturated heterocycles. The van der Waals surface area contributed by atoms with Gasteiger partial charge >= 0.3 is 0 Å². The minimum absolute atomic E-state index is 0.135. The highest BCUT2D eigenvalue weighted by atomic mass is 19.1. The van der Waals surface area contributed by atoms with Gasteiger partial charge in [-0.3, -0.25) is 0 Å². The zero-order chi connectivity index (χ0) is 14.7. The van der Waals surface area contributed by atoms with Crippen molar-refractivity contribution in [2.45, 2.75) is 43.6 Å². The van der Waals surface area contributed by atoms with Gasteiger partial charge in [0.25, 0.3) is 0 Å². The molecule has 0 spiro atoms. The predicted molar refractivity (Wildman–Crippen MR) is 82.7 cm³/mol. The van der Waals surface area contributed by atoms with E-state index in [1.54, 1.807) is 6.07 Å². The Morgan fingerprint density at radius 2 is 1.86 bits per heavy atom. The third-order valence-electron chi connectivity index (χ3n) is 4.60. The molecule has 0 amide bonds. The number of hydrogen-bond acceptors (Lipinski definition) is 1. The molecule has 2 aromatic carbocycles. The van der Waals surface area contributed by atoms with Crippen molar-refractivity contribution in [3.8, 4) is 0 Å². The summed E-state index contributed by atoms with van der Waals surface area (Å²) in [5, 5.41) is 11.2. The maximum absolute atomic E-state index is 13.4. The van der Waals surface area contributed by atoms with E-state index < -0.39 is 5.60 Å². The van der Waals surface area contributed by atoms with E-state index in [4.69, 9.17) is 0 Å². The summed E-state index contributed by atoms with van der Waals surface area (Å²) < 4.78 is 13.4. The Hall–Kier alpha value is -1.67. The standard InChI is InChI=1S/C19H21FO/c20-17-10-6-7-15(13-17)14-19(21)12-5-4-11-18(19)16-8-2-1-3-9-16/h1-3,6-10,13,18,21H,4-5,11-12,14H2. The van der Waals surface area contributed by atoms with Crippen LogP contribution in [0.2, 0.25) is 0 Å². The highest BCUT2D eigenvalue weighted by Gasteiger charge is 2.39. The Morgan fingerprint density at radius 1 is 1.05 bits per heavy atom. The van der Waals surface area contributed by atoms with Gasteiger partial charge in [-0.25, -0.2) is 4.39 Å². The average Bonchev–Trinajstić information content (AvgIpc) is 2.48. The number of aliphatic hydroxyl groups is 1. The molecule has 1 fully saturated rings. The molecule has 1 N–H and O–H groups in total. The zero-order valence-electron chi connectivity index (χ0n) is 12.1. The van der Waals surface area contributed by atoms with Gasteiger partial charge in [0.15, 0.2) is 0 Å². The lowest BCUT2D eigenvalue weighted by atomic mass is 9.69. The number of halogens is 1. The molecule has 0 heterocycles. The Morgan fingerprint density at radius 3 is 2.62 bits per heavy atom. The predicted octanol–water partition coefficient (Wildman–Crippen LogP) is 4.46. The second kappa shape index (κ2) is 5.98. The van der Waals surface area contributed by atoms with Crippen LogP contribution in [0.25, 0.3) is 0 Å². The second-order valence-corrected chi connectivity index (χ2v) is 6.12. The van der Waals surface area contributed by atoms with Crippen LogP contribution in [0.1, 0.15) is 42.7 Å². The van der Waals surface area contributed by atoms with Crippen molar-refractivity contribution in [3.05, 3.63) is 71.5 Å². The van der Waals surface area contributed by atoms with Gasteiger partial charge in [0, 0.05) is 12.3 Å². The summed E-state index contributed by atoms with van der Waals surface area (Å²) in [7, 11) is 0. The van der Waals surface area contributed by atoms with Crippen molar-refractivity contribution in [3.63, 3.8) is 0 Å². The fraction of sp³-hybridized carbons (Fsp3) is 0.368. The van der Waals surface area contributed by atoms with E-state index in [-0.39, 0.29) is 11.7 Å². The van der Waals surface area contributed by atoms with Crippen LogP contribution in [0.5, 0.6) is 0 Å². The lowest BCUT2D eigenvalue weighted by Gasteiger charge is -2.40. The fourth-order valence-corrected chi connectivity index (χ4v) is 3.60. The molecule has 2 aromatic rings. The molecule has 2 unspecified atom stereocenters. The third-order valence-corrected chi connectivity index (χ3v) is 4.60. The Kier molecular flexibility index (Phi) is 4.07. The van der Waals surface area contributed by atoms with Crippen molar-refractivity contribution in [1.82, 2.24) is 0 Å². The number of rotatable bonds is 3. The van der Waals surface area contributed by atoms with E-state index >= 15 is 0 Å². The molecule has 110 valence electrons. The quantitative estimate of drug-likeness (QED) is 0.882. The van der Waals surface area contributed by atoms with Crippen LogP contribution in [0.15, 0.2) is 54.6 Å². The molecule has 0 aromatic heterocycles. The van der Waals surface area contributed by atoms with Gasteiger partial charge in [0.2, 0.25) is 0 Å². The zero-order valence-corrected chi connectivity index (χ0v) is 12.1. The lowest BCUT2D eigenvalue weighted by Crippen LogP contribution is -2.41. The molecule has 3 rings (SSSR count). The summed E-state index contributed by atoms with van der Waals surface area (Å²) in [6, 6.07) is 16.8. The van der Waals surface area contributed by atoms with Crippen LogP contribution in [0.4, 0.5) is 4.39 Å². The van der Waals surface area contributed by atoms with Crippen molar-refractivity contribution < 1.29 is 9.50 Å². The molecular formula is C19H21FO. The molecule has 0 radical (unpaired) electrons. The maximum Gasteiger partial charge on any atom is 0.123 e. The van der Waals surface area contributed by atoms with Gasteiger partial charge in [-0.2, -0.15) is 0 Å². The monoisotopic (exact) mass is 284 g/mol. The second-order valence-electron chi connectivity index (χ2n) is 6.12. The van der Waals surface area contributed by atoms with E-state index in [2.05, 4.69) is 12.1 Å². The first-order valence-electron chi connectivity index (χ1n) is 7.69. The van der Waals surface area contributed by atoms with Gasteiger partial charge in [-0.05, 0) is 36.1 Å². The fourth-order valence-electron chi connectivity index (χ4n) is 3.60. The molecule has 1 aliphatic rings. The van der Waals surface area contributed by atoms with Gasteiger partial charge in [-0.15, -0.1) is 0 Å². The van der Waals surface area contributed by atoms with Crippen molar-refractivity contribution in [2.75, 3.05) is 0 Å². The number of hydrogen-bond donors (Lipinski definition) is 1. The van der Waals surface area contributed by atoms with E-state index in [1.165, 1.54) is 17.7 Å². The molecule has 1 aliphatic carbocycles. The minimum atomic E-state index is -0.770. The third kappa shape index (κ3) is 3.16. The molecule has 21 heavy (non-hydrogen) atoms. The van der Waals surface area contributed by atoms with Crippen LogP contribution in [0.3, 0.4) is 0 Å². The summed E-state index contributed by atoms with van der Waals surface area (Å²) in [5.41, 5.74) is 1.30. The van der Waals surface area contributed by atoms with Gasteiger partial charge in [0.05, 0.1) is 5.60 Å². The van der Waals surface area contributed by atoms with Crippen LogP contribution < -0.4 is 0 Å². The molecule has 1 saturated carbocycles. The highest BCUT2D eigenvalue weighted by Crippen LogP contribution is 2.42. The van der Waals surface area contributed by atoms with E-state index in [0.717, 1.165) is 31.2 Å². The summed E-state index contributed by atoms with van der Waals surface area (Å²) >= 11 is 0. The average molecular weight is 284 g/mol. The summed E-state index contributed by atoms with van der Waals surface area (Å²) in [6.45, 7) is 0. The van der Waals surface area contributed by atoms with Crippen LogP contribution >= 0.6 is 0 Å². The molecule has 1 nitrogen and oxygen atoms in total. The Balaban J connectivity index is 1.88. The van der Waals surface area contributed by atoms with Crippen LogP contribution in [-0.4, -0.2) is 10.7 Å². The Bertz CT molecular complexity index is 596. The summed E-state index contributed by atoms with van der Waals surface area (Å²) in [5.74, 6) is -0.0983. The smallest absolute Gasteiger partial charge is 0.123 e. The summed E-state index contributed by atoms with van der Waals surface area (Å²) in [4.78, 5) is 0. The summed E-state index contributed by atoms with van der Waals surface area (Å²) in [6.07, 6.45) is 4.48. The highest BCUT2D eigenvalue weighted by molar-refractivity contribution is 5.27. The van der Waals surface area contributed by atoms with Crippen molar-refractivity contribution in [1.29, 1.82) is 0 Å². The van der Waals surface area contributed by atoms with Crippen molar-refractivity contribution >= 4 is 0 Å². The van der Waals surface area contributed by atoms with Crippen LogP contribution in [0, 0.1) is 5.82 Å². The molecule has 0 bridgehead atoms. The van der Waals surface area contributed by atoms with E-state index in [0.29, 0.717) is 6.42 Å². The largest absolute Gasteiger partial charge is 0.389 e. The topological polar surface area (TPSA) is 20.2 Å². The minimum Gasteiger partial charge on any atom is -0.389 e. The first-order chi connectivity index (χ1) is 10.2. The van der Waals surface area contributed by atoms with Crippen LogP contribution in [-0.2, 0) is 6.42 Å². The first-order valence-corrected chi connectivity index (χ1v) is 7.69. The number of benzene rings is 2. The maximum atomic E-state index is 13.4. The lowest BCUT2D eigenvalue weighted by molar-refractivity contribution is -0.0167. The normalized spacial score (nSPS) is 25.7.